The summed E-state index contributed by atoms with van der Waals surface area (Å²) in [5.41, 5.74) is 2.43. The summed E-state index contributed by atoms with van der Waals surface area (Å²) in [7, 11) is 0. The fourth-order valence-electron chi connectivity index (χ4n) is 3.79. The minimum absolute atomic E-state index is 0.159. The van der Waals surface area contributed by atoms with E-state index in [1.54, 1.807) is 4.90 Å². The molecule has 1 aromatic carbocycles. The molecule has 1 amide bonds. The zero-order valence-electron chi connectivity index (χ0n) is 17.8. The standard InChI is InChI=1S/C23H23F2N5O2/c1-14-11-15(2)27-23(26-14)29-21-7-3-5-18(28-21)19-6-4-10-30(19)22(31)13-32-20-9-8-16(24)12-17(20)25/h3,5,7-9,11-12,19H,4,6,10,13H2,1-2H3,(H,26,27,28,29)/t19-/m0/s1. The highest BCUT2D eigenvalue weighted by Crippen LogP contribution is 2.32. The lowest BCUT2D eigenvalue weighted by atomic mass is 10.1. The van der Waals surface area contributed by atoms with Crippen LogP contribution in [0.4, 0.5) is 20.5 Å². The third-order valence-electron chi connectivity index (χ3n) is 5.15. The number of ether oxygens (including phenoxy) is 1. The number of rotatable bonds is 6. The number of carbonyl (C=O) groups is 1. The van der Waals surface area contributed by atoms with Crippen molar-refractivity contribution < 1.29 is 18.3 Å². The van der Waals surface area contributed by atoms with Gasteiger partial charge >= 0.3 is 0 Å². The van der Waals surface area contributed by atoms with Crippen molar-refractivity contribution in [2.45, 2.75) is 32.7 Å². The molecule has 2 aromatic heterocycles. The van der Waals surface area contributed by atoms with Crippen LogP contribution in [0.1, 0.15) is 36.0 Å². The van der Waals surface area contributed by atoms with Gasteiger partial charge in [-0.1, -0.05) is 6.07 Å². The number of carbonyl (C=O) groups excluding carboxylic acids is 1. The summed E-state index contributed by atoms with van der Waals surface area (Å²) in [4.78, 5) is 27.8. The first kappa shape index (κ1) is 21.6. The van der Waals surface area contributed by atoms with Crippen molar-refractivity contribution in [2.24, 2.45) is 0 Å². The Morgan fingerprint density at radius 1 is 1.12 bits per heavy atom. The smallest absolute Gasteiger partial charge is 0.261 e. The number of aromatic nitrogens is 3. The molecule has 1 N–H and O–H groups in total. The maximum absolute atomic E-state index is 13.8. The van der Waals surface area contributed by atoms with Crippen molar-refractivity contribution in [1.82, 2.24) is 19.9 Å². The molecule has 0 spiro atoms. The van der Waals surface area contributed by atoms with Crippen molar-refractivity contribution in [3.63, 3.8) is 0 Å². The molecule has 0 unspecified atom stereocenters. The Labute approximate surface area is 184 Å². The molecule has 3 aromatic rings. The van der Waals surface area contributed by atoms with Crippen molar-refractivity contribution in [3.8, 4) is 5.75 Å². The summed E-state index contributed by atoms with van der Waals surface area (Å²) in [5.74, 6) is -0.948. The number of anilines is 2. The maximum atomic E-state index is 13.8. The molecule has 0 radical (unpaired) electrons. The van der Waals surface area contributed by atoms with Crippen LogP contribution in [0.3, 0.4) is 0 Å². The van der Waals surface area contributed by atoms with E-state index in [0.717, 1.165) is 42.1 Å². The number of benzene rings is 1. The summed E-state index contributed by atoms with van der Waals surface area (Å²) >= 11 is 0. The summed E-state index contributed by atoms with van der Waals surface area (Å²) in [6.07, 6.45) is 1.58. The molecule has 1 saturated heterocycles. The van der Waals surface area contributed by atoms with Crippen molar-refractivity contribution in [3.05, 3.63) is 71.2 Å². The SMILES string of the molecule is Cc1cc(C)nc(Nc2cccc([C@@H]3CCCN3C(=O)COc3ccc(F)cc3F)n2)n1. The number of halogens is 2. The Hall–Kier alpha value is -3.62. The second-order valence-corrected chi connectivity index (χ2v) is 7.66. The monoisotopic (exact) mass is 439 g/mol. The molecule has 9 heteroatoms. The number of nitrogens with one attached hydrogen (secondary N) is 1. The predicted octanol–water partition coefficient (Wildman–Crippen LogP) is 4.25. The molecule has 166 valence electrons. The molecular formula is C23H23F2N5O2. The van der Waals surface area contributed by atoms with Crippen LogP contribution in [-0.4, -0.2) is 38.9 Å². The van der Waals surface area contributed by atoms with Crippen molar-refractivity contribution in [1.29, 1.82) is 0 Å². The molecule has 3 heterocycles. The minimum atomic E-state index is -0.843. The number of pyridine rings is 1. The van der Waals surface area contributed by atoms with Crippen LogP contribution in [0.5, 0.6) is 5.75 Å². The van der Waals surface area contributed by atoms with Gasteiger partial charge in [0.1, 0.15) is 11.6 Å². The van der Waals surface area contributed by atoms with Gasteiger partial charge in [-0.15, -0.1) is 0 Å². The zero-order chi connectivity index (χ0) is 22.7. The molecular weight excluding hydrogens is 416 g/mol. The molecule has 0 aliphatic carbocycles. The number of amides is 1. The van der Waals surface area contributed by atoms with Crippen molar-refractivity contribution >= 4 is 17.7 Å². The Kier molecular flexibility index (Phi) is 6.25. The van der Waals surface area contributed by atoms with E-state index in [1.165, 1.54) is 6.07 Å². The van der Waals surface area contributed by atoms with Gasteiger partial charge in [-0.05, 0) is 57.0 Å². The van der Waals surface area contributed by atoms with Gasteiger partial charge in [-0.25, -0.2) is 23.7 Å². The highest BCUT2D eigenvalue weighted by atomic mass is 19.1. The second-order valence-electron chi connectivity index (χ2n) is 7.66. The fourth-order valence-corrected chi connectivity index (χ4v) is 3.79. The van der Waals surface area contributed by atoms with E-state index in [4.69, 9.17) is 4.74 Å². The summed E-state index contributed by atoms with van der Waals surface area (Å²) in [6, 6.07) is 10.2. The summed E-state index contributed by atoms with van der Waals surface area (Å²) < 4.78 is 32.1. The summed E-state index contributed by atoms with van der Waals surface area (Å²) in [6.45, 7) is 4.00. The van der Waals surface area contributed by atoms with E-state index in [-0.39, 0.29) is 24.3 Å². The van der Waals surface area contributed by atoms with E-state index in [2.05, 4.69) is 20.3 Å². The molecule has 4 rings (SSSR count). The number of hydrogen-bond acceptors (Lipinski definition) is 6. The van der Waals surface area contributed by atoms with Crippen LogP contribution in [0.25, 0.3) is 0 Å². The number of likely N-dealkylation sites (tertiary alicyclic amines) is 1. The highest BCUT2D eigenvalue weighted by Gasteiger charge is 2.31. The van der Waals surface area contributed by atoms with Crippen LogP contribution in [0, 0.1) is 25.5 Å². The van der Waals surface area contributed by atoms with E-state index in [1.807, 2.05) is 38.1 Å². The van der Waals surface area contributed by atoms with E-state index >= 15 is 0 Å². The molecule has 1 aliphatic rings. The van der Waals surface area contributed by atoms with Crippen LogP contribution in [-0.2, 0) is 4.79 Å². The third-order valence-corrected chi connectivity index (χ3v) is 5.15. The lowest BCUT2D eigenvalue weighted by Crippen LogP contribution is -2.34. The molecule has 7 nitrogen and oxygen atoms in total. The van der Waals surface area contributed by atoms with Gasteiger partial charge in [0, 0.05) is 24.0 Å². The average Bonchev–Trinajstić information content (AvgIpc) is 3.22. The van der Waals surface area contributed by atoms with E-state index in [0.29, 0.717) is 18.3 Å². The van der Waals surface area contributed by atoms with E-state index in [9.17, 15) is 13.6 Å². The molecule has 0 bridgehead atoms. The Morgan fingerprint density at radius 2 is 1.91 bits per heavy atom. The zero-order valence-corrected chi connectivity index (χ0v) is 17.8. The maximum Gasteiger partial charge on any atom is 0.261 e. The van der Waals surface area contributed by atoms with Gasteiger partial charge in [0.15, 0.2) is 18.2 Å². The molecule has 1 aliphatic heterocycles. The normalized spacial score (nSPS) is 15.6. The molecule has 0 saturated carbocycles. The van der Waals surface area contributed by atoms with Crippen molar-refractivity contribution in [2.75, 3.05) is 18.5 Å². The van der Waals surface area contributed by atoms with Crippen LogP contribution >= 0.6 is 0 Å². The molecule has 1 atom stereocenters. The topological polar surface area (TPSA) is 80.2 Å². The first-order valence-electron chi connectivity index (χ1n) is 10.3. The molecule has 32 heavy (non-hydrogen) atoms. The number of aryl methyl sites for hydroxylation is 2. The summed E-state index contributed by atoms with van der Waals surface area (Å²) in [5, 5.41) is 3.12. The highest BCUT2D eigenvalue weighted by molar-refractivity contribution is 5.78. The van der Waals surface area contributed by atoms with Gasteiger partial charge in [-0.2, -0.15) is 0 Å². The Bertz CT molecular complexity index is 1120. The quantitative estimate of drug-likeness (QED) is 0.619. The van der Waals surface area contributed by atoms with E-state index < -0.39 is 11.6 Å². The van der Waals surface area contributed by atoms with Gasteiger partial charge in [-0.3, -0.25) is 4.79 Å². The number of hydrogen-bond donors (Lipinski definition) is 1. The predicted molar refractivity (Wildman–Crippen MR) is 115 cm³/mol. The third kappa shape index (κ3) is 4.99. The lowest BCUT2D eigenvalue weighted by molar-refractivity contribution is -0.134. The average molecular weight is 439 g/mol. The number of nitrogens with zero attached hydrogens (tertiary/aromatic N) is 4. The van der Waals surface area contributed by atoms with Gasteiger partial charge in [0.25, 0.3) is 5.91 Å². The van der Waals surface area contributed by atoms with Crippen LogP contribution in [0.2, 0.25) is 0 Å². The molecule has 1 fully saturated rings. The largest absolute Gasteiger partial charge is 0.481 e. The lowest BCUT2D eigenvalue weighted by Gasteiger charge is -2.24. The Balaban J connectivity index is 1.45. The van der Waals surface area contributed by atoms with Crippen LogP contribution in [0.15, 0.2) is 42.5 Å². The van der Waals surface area contributed by atoms with Gasteiger partial charge in [0.2, 0.25) is 5.95 Å². The fraction of sp³-hybridized carbons (Fsp3) is 0.304. The van der Waals surface area contributed by atoms with Crippen LogP contribution < -0.4 is 10.1 Å². The Morgan fingerprint density at radius 3 is 2.66 bits per heavy atom. The minimum Gasteiger partial charge on any atom is -0.481 e. The second kappa shape index (κ2) is 9.25. The van der Waals surface area contributed by atoms with Gasteiger partial charge < -0.3 is 15.0 Å². The first-order chi connectivity index (χ1) is 15.4. The first-order valence-corrected chi connectivity index (χ1v) is 10.3. The van der Waals surface area contributed by atoms with Gasteiger partial charge in [0.05, 0.1) is 11.7 Å².